The standard InChI is InChI=1S/C14H17N3O2/c1-10-5-6-16(11(2)7-10)13-4-3-12(9-15)14(8-13)17(18)19/h3-4,8,10-11H,5-7H2,1-2H3. The molecule has 1 aromatic carbocycles. The number of hydrogen-bond donors (Lipinski definition) is 0. The lowest BCUT2D eigenvalue weighted by molar-refractivity contribution is -0.385. The monoisotopic (exact) mass is 259 g/mol. The number of nitro benzene ring substituents is 1. The molecular formula is C14H17N3O2. The molecule has 1 saturated heterocycles. The van der Waals surface area contributed by atoms with Crippen LogP contribution in [-0.2, 0) is 0 Å². The summed E-state index contributed by atoms with van der Waals surface area (Å²) in [4.78, 5) is 12.7. The van der Waals surface area contributed by atoms with Crippen molar-refractivity contribution in [1.29, 1.82) is 5.26 Å². The van der Waals surface area contributed by atoms with Gasteiger partial charge in [0.1, 0.15) is 11.6 Å². The summed E-state index contributed by atoms with van der Waals surface area (Å²) in [5.41, 5.74) is 0.850. The Morgan fingerprint density at radius 1 is 1.47 bits per heavy atom. The van der Waals surface area contributed by atoms with Crippen molar-refractivity contribution >= 4 is 11.4 Å². The summed E-state index contributed by atoms with van der Waals surface area (Å²) in [6.07, 6.45) is 2.19. The second kappa shape index (κ2) is 5.27. The molecule has 5 heteroatoms. The SMILES string of the molecule is CC1CCN(c2ccc(C#N)c([N+](=O)[O-])c2)C(C)C1. The molecule has 2 rings (SSSR count). The summed E-state index contributed by atoms with van der Waals surface area (Å²) in [5.74, 6) is 0.694. The quantitative estimate of drug-likeness (QED) is 0.604. The Kier molecular flexibility index (Phi) is 3.70. The fourth-order valence-electron chi connectivity index (χ4n) is 2.74. The number of rotatable bonds is 2. The van der Waals surface area contributed by atoms with Crippen molar-refractivity contribution in [2.24, 2.45) is 5.92 Å². The largest absolute Gasteiger partial charge is 0.369 e. The molecule has 0 amide bonds. The average molecular weight is 259 g/mol. The zero-order valence-corrected chi connectivity index (χ0v) is 11.2. The van der Waals surface area contributed by atoms with Crippen molar-refractivity contribution in [3.8, 4) is 6.07 Å². The van der Waals surface area contributed by atoms with Crippen LogP contribution in [0.2, 0.25) is 0 Å². The van der Waals surface area contributed by atoms with Gasteiger partial charge in [0, 0.05) is 24.3 Å². The van der Waals surface area contributed by atoms with Crippen LogP contribution in [0, 0.1) is 27.4 Å². The third-order valence-corrected chi connectivity index (χ3v) is 3.77. The van der Waals surface area contributed by atoms with Gasteiger partial charge >= 0.3 is 0 Å². The Morgan fingerprint density at radius 3 is 2.79 bits per heavy atom. The predicted molar refractivity (Wildman–Crippen MR) is 73.0 cm³/mol. The Hall–Kier alpha value is -2.09. The highest BCUT2D eigenvalue weighted by Gasteiger charge is 2.25. The molecule has 5 nitrogen and oxygen atoms in total. The van der Waals surface area contributed by atoms with Crippen LogP contribution in [0.25, 0.3) is 0 Å². The summed E-state index contributed by atoms with van der Waals surface area (Å²) in [6.45, 7) is 5.28. The van der Waals surface area contributed by atoms with Gasteiger partial charge in [-0.25, -0.2) is 0 Å². The van der Waals surface area contributed by atoms with Crippen LogP contribution >= 0.6 is 0 Å². The average Bonchev–Trinajstić information content (AvgIpc) is 2.38. The minimum Gasteiger partial charge on any atom is -0.369 e. The summed E-state index contributed by atoms with van der Waals surface area (Å²) in [5, 5.41) is 19.9. The molecule has 0 spiro atoms. The Morgan fingerprint density at radius 2 is 2.21 bits per heavy atom. The van der Waals surface area contributed by atoms with Gasteiger partial charge in [0.2, 0.25) is 0 Å². The van der Waals surface area contributed by atoms with E-state index in [1.807, 2.05) is 6.07 Å². The number of piperidine rings is 1. The zero-order chi connectivity index (χ0) is 14.0. The highest BCUT2D eigenvalue weighted by Crippen LogP contribution is 2.31. The first kappa shape index (κ1) is 13.3. The Balaban J connectivity index is 2.33. The van der Waals surface area contributed by atoms with Gasteiger partial charge in [-0.2, -0.15) is 5.26 Å². The summed E-state index contributed by atoms with van der Waals surface area (Å²) in [6, 6.07) is 7.10. The van der Waals surface area contributed by atoms with E-state index in [1.54, 1.807) is 6.07 Å². The molecule has 0 N–H and O–H groups in total. The minimum atomic E-state index is -0.487. The van der Waals surface area contributed by atoms with E-state index in [9.17, 15) is 10.1 Å². The van der Waals surface area contributed by atoms with Gasteiger partial charge in [0.25, 0.3) is 5.69 Å². The van der Waals surface area contributed by atoms with Crippen LogP contribution < -0.4 is 4.90 Å². The first-order chi connectivity index (χ1) is 9.02. The number of anilines is 1. The van der Waals surface area contributed by atoms with Gasteiger partial charge in [-0.15, -0.1) is 0 Å². The number of hydrogen-bond acceptors (Lipinski definition) is 4. The van der Waals surface area contributed by atoms with Crippen molar-refractivity contribution < 1.29 is 4.92 Å². The molecule has 0 saturated carbocycles. The van der Waals surface area contributed by atoms with E-state index in [4.69, 9.17) is 5.26 Å². The first-order valence-corrected chi connectivity index (χ1v) is 6.48. The second-order valence-corrected chi connectivity index (χ2v) is 5.24. The predicted octanol–water partition coefficient (Wildman–Crippen LogP) is 3.09. The van der Waals surface area contributed by atoms with Crippen molar-refractivity contribution in [1.82, 2.24) is 0 Å². The van der Waals surface area contributed by atoms with E-state index in [1.165, 1.54) is 12.1 Å². The normalized spacial score (nSPS) is 22.9. The van der Waals surface area contributed by atoms with Gasteiger partial charge in [-0.3, -0.25) is 10.1 Å². The molecule has 19 heavy (non-hydrogen) atoms. The summed E-state index contributed by atoms with van der Waals surface area (Å²) in [7, 11) is 0. The van der Waals surface area contributed by atoms with Crippen LogP contribution in [-0.4, -0.2) is 17.5 Å². The Bertz CT molecular complexity index is 536. The van der Waals surface area contributed by atoms with Crippen LogP contribution in [0.5, 0.6) is 0 Å². The molecule has 0 radical (unpaired) electrons. The van der Waals surface area contributed by atoms with Gasteiger partial charge in [-0.05, 0) is 37.8 Å². The molecule has 2 unspecified atom stereocenters. The van der Waals surface area contributed by atoms with Crippen molar-refractivity contribution in [3.05, 3.63) is 33.9 Å². The molecule has 1 aromatic rings. The van der Waals surface area contributed by atoms with Gasteiger partial charge in [0.05, 0.1) is 4.92 Å². The number of nitro groups is 1. The molecule has 1 heterocycles. The van der Waals surface area contributed by atoms with Crippen LogP contribution in [0.4, 0.5) is 11.4 Å². The van der Waals surface area contributed by atoms with Gasteiger partial charge in [-0.1, -0.05) is 6.92 Å². The molecule has 1 aliphatic rings. The molecule has 1 aliphatic heterocycles. The minimum absolute atomic E-state index is 0.106. The van der Waals surface area contributed by atoms with E-state index in [2.05, 4.69) is 18.7 Å². The van der Waals surface area contributed by atoms with Gasteiger partial charge < -0.3 is 4.90 Å². The van der Waals surface area contributed by atoms with E-state index >= 15 is 0 Å². The summed E-state index contributed by atoms with van der Waals surface area (Å²) >= 11 is 0. The third kappa shape index (κ3) is 2.68. The highest BCUT2D eigenvalue weighted by atomic mass is 16.6. The van der Waals surface area contributed by atoms with Crippen LogP contribution in [0.3, 0.4) is 0 Å². The molecule has 0 bridgehead atoms. The number of nitriles is 1. The van der Waals surface area contributed by atoms with Crippen LogP contribution in [0.15, 0.2) is 18.2 Å². The fraction of sp³-hybridized carbons (Fsp3) is 0.500. The lowest BCUT2D eigenvalue weighted by Gasteiger charge is -2.38. The van der Waals surface area contributed by atoms with Crippen molar-refractivity contribution in [3.63, 3.8) is 0 Å². The van der Waals surface area contributed by atoms with Crippen molar-refractivity contribution in [2.45, 2.75) is 32.7 Å². The van der Waals surface area contributed by atoms with Crippen LogP contribution in [0.1, 0.15) is 32.3 Å². The van der Waals surface area contributed by atoms with Crippen molar-refractivity contribution in [2.75, 3.05) is 11.4 Å². The molecule has 0 aliphatic carbocycles. The molecule has 100 valence electrons. The van der Waals surface area contributed by atoms with E-state index in [-0.39, 0.29) is 11.3 Å². The third-order valence-electron chi connectivity index (χ3n) is 3.77. The Labute approximate surface area is 112 Å². The highest BCUT2D eigenvalue weighted by molar-refractivity contribution is 5.60. The zero-order valence-electron chi connectivity index (χ0n) is 11.2. The van der Waals surface area contributed by atoms with E-state index < -0.39 is 4.92 Å². The van der Waals surface area contributed by atoms with Gasteiger partial charge in [0.15, 0.2) is 0 Å². The lowest BCUT2D eigenvalue weighted by atomic mass is 9.93. The number of nitrogens with zero attached hydrogens (tertiary/aromatic N) is 3. The summed E-state index contributed by atoms with van der Waals surface area (Å²) < 4.78 is 0. The smallest absolute Gasteiger partial charge is 0.289 e. The number of benzene rings is 1. The maximum Gasteiger partial charge on any atom is 0.289 e. The van der Waals surface area contributed by atoms with E-state index in [0.29, 0.717) is 12.0 Å². The lowest BCUT2D eigenvalue weighted by Crippen LogP contribution is -2.40. The maximum atomic E-state index is 11.0. The second-order valence-electron chi connectivity index (χ2n) is 5.24. The fourth-order valence-corrected chi connectivity index (χ4v) is 2.74. The first-order valence-electron chi connectivity index (χ1n) is 6.48. The molecule has 0 aromatic heterocycles. The molecular weight excluding hydrogens is 242 g/mol. The maximum absolute atomic E-state index is 11.0. The topological polar surface area (TPSA) is 70.2 Å². The molecule has 1 fully saturated rings. The van der Waals surface area contributed by atoms with E-state index in [0.717, 1.165) is 25.1 Å². The molecule has 2 atom stereocenters.